The first-order valence-corrected chi connectivity index (χ1v) is 9.03. The maximum atomic E-state index is 12.6. The van der Waals surface area contributed by atoms with Crippen LogP contribution in [0.1, 0.15) is 51.5 Å². The zero-order valence-electron chi connectivity index (χ0n) is 13.0. The summed E-state index contributed by atoms with van der Waals surface area (Å²) in [6.07, 6.45) is 2.00. The van der Waals surface area contributed by atoms with Crippen molar-refractivity contribution in [3.05, 3.63) is 29.8 Å². The predicted molar refractivity (Wildman–Crippen MR) is 83.8 cm³/mol. The minimum absolute atomic E-state index is 0.344. The summed E-state index contributed by atoms with van der Waals surface area (Å²) in [4.78, 5) is 0.344. The van der Waals surface area contributed by atoms with E-state index in [1.807, 2.05) is 12.1 Å². The van der Waals surface area contributed by atoms with Gasteiger partial charge in [0.15, 0.2) is 0 Å². The largest absolute Gasteiger partial charge is 0.390 e. The molecule has 5 heteroatoms. The Hall–Kier alpha value is -0.910. The molecule has 1 unspecified atom stereocenters. The molecule has 1 atom stereocenters. The van der Waals surface area contributed by atoms with Gasteiger partial charge in [-0.2, -0.15) is 4.31 Å². The zero-order valence-corrected chi connectivity index (χ0v) is 13.9. The van der Waals surface area contributed by atoms with Gasteiger partial charge in [0, 0.05) is 13.1 Å². The number of hydrogen-bond acceptors (Lipinski definition) is 3. The number of piperidine rings is 1. The number of rotatable bonds is 4. The molecule has 1 aliphatic heterocycles. The summed E-state index contributed by atoms with van der Waals surface area (Å²) in [5, 5.41) is 9.93. The molecule has 4 nitrogen and oxygen atoms in total. The van der Waals surface area contributed by atoms with Crippen LogP contribution in [0.2, 0.25) is 0 Å². The molecule has 0 bridgehead atoms. The van der Waals surface area contributed by atoms with Crippen LogP contribution in [0, 0.1) is 0 Å². The fraction of sp³-hybridized carbons (Fsp3) is 0.625. The molecule has 0 spiro atoms. The van der Waals surface area contributed by atoms with Gasteiger partial charge in [-0.05, 0) is 49.8 Å². The standard InChI is InChI=1S/C16H25NO3S/c1-4-13(2)14-5-7-15(8-6-14)21(19,20)17-11-9-16(3,18)10-12-17/h5-8,13,18H,4,9-12H2,1-3H3. The Morgan fingerprint density at radius 2 is 1.76 bits per heavy atom. The molecular weight excluding hydrogens is 286 g/mol. The number of sulfonamides is 1. The van der Waals surface area contributed by atoms with E-state index in [4.69, 9.17) is 0 Å². The Balaban J connectivity index is 2.17. The second-order valence-electron chi connectivity index (χ2n) is 6.28. The maximum Gasteiger partial charge on any atom is 0.243 e. The van der Waals surface area contributed by atoms with Crippen LogP contribution in [-0.4, -0.2) is 36.5 Å². The molecule has 1 heterocycles. The van der Waals surface area contributed by atoms with E-state index in [1.165, 1.54) is 4.31 Å². The topological polar surface area (TPSA) is 57.6 Å². The zero-order chi connectivity index (χ0) is 15.7. The van der Waals surface area contributed by atoms with Crippen molar-refractivity contribution in [1.82, 2.24) is 4.31 Å². The van der Waals surface area contributed by atoms with E-state index in [1.54, 1.807) is 19.1 Å². The molecule has 1 aliphatic rings. The Kier molecular flexibility index (Phi) is 4.76. The molecule has 1 saturated heterocycles. The van der Waals surface area contributed by atoms with Crippen molar-refractivity contribution in [2.45, 2.75) is 56.4 Å². The van der Waals surface area contributed by atoms with Crippen LogP contribution in [0.15, 0.2) is 29.2 Å². The van der Waals surface area contributed by atoms with Crippen molar-refractivity contribution in [2.24, 2.45) is 0 Å². The van der Waals surface area contributed by atoms with Crippen molar-refractivity contribution in [2.75, 3.05) is 13.1 Å². The Bertz CT molecular complexity index is 568. The lowest BCUT2D eigenvalue weighted by Crippen LogP contribution is -2.45. The molecule has 0 aromatic heterocycles. The van der Waals surface area contributed by atoms with E-state index in [-0.39, 0.29) is 0 Å². The maximum absolute atomic E-state index is 12.6. The molecule has 0 aliphatic carbocycles. The first-order chi connectivity index (χ1) is 9.76. The fourth-order valence-electron chi connectivity index (χ4n) is 2.56. The van der Waals surface area contributed by atoms with Crippen molar-refractivity contribution in [1.29, 1.82) is 0 Å². The number of aliphatic hydroxyl groups is 1. The summed E-state index contributed by atoms with van der Waals surface area (Å²) in [6, 6.07) is 7.20. The van der Waals surface area contributed by atoms with E-state index >= 15 is 0 Å². The van der Waals surface area contributed by atoms with Gasteiger partial charge < -0.3 is 5.11 Å². The molecular formula is C16H25NO3S. The van der Waals surface area contributed by atoms with Gasteiger partial charge in [-0.15, -0.1) is 0 Å². The van der Waals surface area contributed by atoms with E-state index in [9.17, 15) is 13.5 Å². The molecule has 21 heavy (non-hydrogen) atoms. The summed E-state index contributed by atoms with van der Waals surface area (Å²) in [6.45, 7) is 6.77. The highest BCUT2D eigenvalue weighted by atomic mass is 32.2. The summed E-state index contributed by atoms with van der Waals surface area (Å²) in [5.41, 5.74) is 0.421. The average Bonchev–Trinajstić information content (AvgIpc) is 2.46. The Labute approximate surface area is 127 Å². The van der Waals surface area contributed by atoms with Crippen LogP contribution in [-0.2, 0) is 10.0 Å². The van der Waals surface area contributed by atoms with Crippen LogP contribution in [0.5, 0.6) is 0 Å². The highest BCUT2D eigenvalue weighted by Crippen LogP contribution is 2.27. The Morgan fingerprint density at radius 3 is 2.24 bits per heavy atom. The molecule has 118 valence electrons. The first kappa shape index (κ1) is 16.5. The van der Waals surface area contributed by atoms with E-state index in [2.05, 4.69) is 13.8 Å². The van der Waals surface area contributed by atoms with Gasteiger partial charge in [-0.3, -0.25) is 0 Å². The monoisotopic (exact) mass is 311 g/mol. The summed E-state index contributed by atoms with van der Waals surface area (Å²) in [5.74, 6) is 0.437. The third-order valence-corrected chi connectivity index (χ3v) is 6.41. The summed E-state index contributed by atoms with van der Waals surface area (Å²) >= 11 is 0. The minimum Gasteiger partial charge on any atom is -0.390 e. The second kappa shape index (κ2) is 6.07. The van der Waals surface area contributed by atoms with Crippen molar-refractivity contribution in [3.8, 4) is 0 Å². The molecule has 0 amide bonds. The van der Waals surface area contributed by atoms with E-state index < -0.39 is 15.6 Å². The lowest BCUT2D eigenvalue weighted by Gasteiger charge is -2.35. The van der Waals surface area contributed by atoms with Gasteiger partial charge >= 0.3 is 0 Å². The molecule has 1 fully saturated rings. The third kappa shape index (κ3) is 3.65. The Morgan fingerprint density at radius 1 is 1.24 bits per heavy atom. The quantitative estimate of drug-likeness (QED) is 0.930. The van der Waals surface area contributed by atoms with E-state index in [0.29, 0.717) is 36.7 Å². The SMILES string of the molecule is CCC(C)c1ccc(S(=O)(=O)N2CCC(C)(O)CC2)cc1. The van der Waals surface area contributed by atoms with E-state index in [0.717, 1.165) is 12.0 Å². The van der Waals surface area contributed by atoms with Gasteiger partial charge in [-0.1, -0.05) is 26.0 Å². The van der Waals surface area contributed by atoms with Gasteiger partial charge in [0.25, 0.3) is 0 Å². The van der Waals surface area contributed by atoms with Crippen LogP contribution in [0.25, 0.3) is 0 Å². The van der Waals surface area contributed by atoms with Gasteiger partial charge in [0.2, 0.25) is 10.0 Å². The molecule has 0 saturated carbocycles. The molecule has 1 N–H and O–H groups in total. The third-order valence-electron chi connectivity index (χ3n) is 4.50. The molecule has 1 aromatic rings. The number of benzene rings is 1. The first-order valence-electron chi connectivity index (χ1n) is 7.59. The lowest BCUT2D eigenvalue weighted by atomic mass is 9.95. The average molecular weight is 311 g/mol. The minimum atomic E-state index is -3.44. The van der Waals surface area contributed by atoms with Crippen LogP contribution >= 0.6 is 0 Å². The number of nitrogens with zero attached hydrogens (tertiary/aromatic N) is 1. The summed E-state index contributed by atoms with van der Waals surface area (Å²) in [7, 11) is -3.44. The van der Waals surface area contributed by atoms with Crippen LogP contribution in [0.4, 0.5) is 0 Å². The van der Waals surface area contributed by atoms with Crippen molar-refractivity contribution in [3.63, 3.8) is 0 Å². The predicted octanol–water partition coefficient (Wildman–Crippen LogP) is 2.74. The number of hydrogen-bond donors (Lipinski definition) is 1. The normalized spacial score (nSPS) is 21.1. The smallest absolute Gasteiger partial charge is 0.243 e. The molecule has 2 rings (SSSR count). The lowest BCUT2D eigenvalue weighted by molar-refractivity contribution is 0.0126. The highest BCUT2D eigenvalue weighted by molar-refractivity contribution is 7.89. The summed E-state index contributed by atoms with van der Waals surface area (Å²) < 4.78 is 26.7. The van der Waals surface area contributed by atoms with Gasteiger partial charge in [0.05, 0.1) is 10.5 Å². The highest BCUT2D eigenvalue weighted by Gasteiger charge is 2.33. The van der Waals surface area contributed by atoms with Crippen molar-refractivity contribution >= 4 is 10.0 Å². The molecule has 1 aromatic carbocycles. The van der Waals surface area contributed by atoms with Crippen LogP contribution < -0.4 is 0 Å². The second-order valence-corrected chi connectivity index (χ2v) is 8.22. The fourth-order valence-corrected chi connectivity index (χ4v) is 4.00. The van der Waals surface area contributed by atoms with Gasteiger partial charge in [0.1, 0.15) is 0 Å². The van der Waals surface area contributed by atoms with Gasteiger partial charge in [-0.25, -0.2) is 8.42 Å². The van der Waals surface area contributed by atoms with Crippen molar-refractivity contribution < 1.29 is 13.5 Å². The molecule has 0 radical (unpaired) electrons. The van der Waals surface area contributed by atoms with Crippen LogP contribution in [0.3, 0.4) is 0 Å².